The van der Waals surface area contributed by atoms with Gasteiger partial charge in [0, 0.05) is 11.9 Å². The van der Waals surface area contributed by atoms with Gasteiger partial charge in [0.2, 0.25) is 5.91 Å². The Morgan fingerprint density at radius 1 is 1.09 bits per heavy atom. The first-order valence-electron chi connectivity index (χ1n) is 11.1. The van der Waals surface area contributed by atoms with Crippen LogP contribution in [-0.2, 0) is 16.1 Å². The molecule has 1 saturated heterocycles. The molecule has 1 aliphatic rings. The maximum Gasteiger partial charge on any atom is 0.256 e. The Morgan fingerprint density at radius 2 is 1.82 bits per heavy atom. The van der Waals surface area contributed by atoms with Gasteiger partial charge in [0.1, 0.15) is 11.8 Å². The van der Waals surface area contributed by atoms with Gasteiger partial charge in [-0.05, 0) is 74.6 Å². The van der Waals surface area contributed by atoms with Crippen LogP contribution in [0.3, 0.4) is 0 Å². The monoisotopic (exact) mass is 474 g/mol. The van der Waals surface area contributed by atoms with Gasteiger partial charge in [-0.2, -0.15) is 0 Å². The zero-order valence-corrected chi connectivity index (χ0v) is 19.9. The second kappa shape index (κ2) is 10.4. The van der Waals surface area contributed by atoms with Crippen LogP contribution in [0.1, 0.15) is 24.6 Å². The van der Waals surface area contributed by atoms with Gasteiger partial charge in [-0.15, -0.1) is 0 Å². The van der Waals surface area contributed by atoms with Crippen molar-refractivity contribution in [2.24, 2.45) is 0 Å². The predicted molar refractivity (Wildman–Crippen MR) is 136 cm³/mol. The van der Waals surface area contributed by atoms with E-state index < -0.39 is 6.04 Å². The number of anilines is 2. The summed E-state index contributed by atoms with van der Waals surface area (Å²) >= 11 is 5.71. The van der Waals surface area contributed by atoms with Crippen molar-refractivity contribution in [1.29, 1.82) is 0 Å². The lowest BCUT2D eigenvalue weighted by atomic mass is 10.1. The molecule has 0 radical (unpaired) electrons. The van der Waals surface area contributed by atoms with Crippen molar-refractivity contribution in [3.8, 4) is 5.75 Å². The van der Waals surface area contributed by atoms with E-state index in [9.17, 15) is 9.59 Å². The summed E-state index contributed by atoms with van der Waals surface area (Å²) in [6, 6.07) is 19.6. The number of pyridine rings is 1. The van der Waals surface area contributed by atoms with Crippen molar-refractivity contribution in [3.63, 3.8) is 0 Å². The first-order valence-corrected chi connectivity index (χ1v) is 11.5. The molecule has 0 aliphatic carbocycles. The van der Waals surface area contributed by atoms with Crippen molar-refractivity contribution in [2.45, 2.75) is 32.9 Å². The van der Waals surface area contributed by atoms with Gasteiger partial charge < -0.3 is 15.0 Å². The summed E-state index contributed by atoms with van der Waals surface area (Å²) in [5.74, 6) is 0.223. The fourth-order valence-corrected chi connectivity index (χ4v) is 4.19. The fourth-order valence-electron chi connectivity index (χ4n) is 3.80. The summed E-state index contributed by atoms with van der Waals surface area (Å²) in [5, 5.41) is 3.23. The zero-order valence-electron chi connectivity index (χ0n) is 19.1. The van der Waals surface area contributed by atoms with Crippen LogP contribution in [0.2, 0.25) is 0 Å². The van der Waals surface area contributed by atoms with Gasteiger partial charge in [0.05, 0.1) is 31.0 Å². The average molecular weight is 475 g/mol. The maximum absolute atomic E-state index is 13.5. The summed E-state index contributed by atoms with van der Waals surface area (Å²) < 4.78 is 5.44. The molecule has 8 heteroatoms. The summed E-state index contributed by atoms with van der Waals surface area (Å²) in [5.41, 5.74) is 3.16. The first kappa shape index (κ1) is 23.4. The average Bonchev–Trinajstić information content (AvgIpc) is 3.06. The van der Waals surface area contributed by atoms with E-state index in [1.54, 1.807) is 35.4 Å². The Hall–Kier alpha value is -3.78. The first-order chi connectivity index (χ1) is 16.5. The Kier molecular flexibility index (Phi) is 7.18. The van der Waals surface area contributed by atoms with Gasteiger partial charge in [0.15, 0.2) is 5.11 Å². The minimum absolute atomic E-state index is 0.0403. The van der Waals surface area contributed by atoms with Gasteiger partial charge in [-0.25, -0.2) is 0 Å². The van der Waals surface area contributed by atoms with E-state index in [0.29, 0.717) is 29.6 Å². The van der Waals surface area contributed by atoms with E-state index in [1.165, 1.54) is 4.90 Å². The van der Waals surface area contributed by atoms with E-state index in [4.69, 9.17) is 17.0 Å². The van der Waals surface area contributed by atoms with Gasteiger partial charge in [0.25, 0.3) is 5.91 Å². The highest BCUT2D eigenvalue weighted by Crippen LogP contribution is 2.29. The molecule has 0 saturated carbocycles. The molecule has 2 heterocycles. The van der Waals surface area contributed by atoms with Crippen molar-refractivity contribution < 1.29 is 14.3 Å². The number of amides is 2. The number of nitrogens with zero attached hydrogens (tertiary/aromatic N) is 3. The van der Waals surface area contributed by atoms with Crippen LogP contribution in [-0.4, -0.2) is 39.5 Å². The number of carbonyl (C=O) groups is 2. The molecule has 0 unspecified atom stereocenters. The number of thiocarbonyl (C=S) groups is 1. The standard InChI is InChI=1S/C26H26N4O3S/c1-3-33-22-13-9-19(10-14-22)28-24(31)16-23-25(32)30(21-11-7-18(2)8-12-21)26(34)29(23)17-20-6-4-5-15-27-20/h4-15,23H,3,16-17H2,1-2H3,(H,28,31)/t23-/m1/s1. The number of hydrogen-bond donors (Lipinski definition) is 1. The molecule has 7 nitrogen and oxygen atoms in total. The number of nitrogens with one attached hydrogen (secondary N) is 1. The third-order valence-electron chi connectivity index (χ3n) is 5.50. The third-order valence-corrected chi connectivity index (χ3v) is 5.91. The van der Waals surface area contributed by atoms with Crippen LogP contribution in [0.15, 0.2) is 72.9 Å². The normalized spacial score (nSPS) is 15.5. The number of carbonyl (C=O) groups excluding carboxylic acids is 2. The van der Waals surface area contributed by atoms with Crippen molar-refractivity contribution in [1.82, 2.24) is 9.88 Å². The molecule has 2 amide bonds. The Bertz CT molecular complexity index is 1170. The topological polar surface area (TPSA) is 74.8 Å². The summed E-state index contributed by atoms with van der Waals surface area (Å²) in [6.07, 6.45) is 1.66. The van der Waals surface area contributed by atoms with Crippen LogP contribution < -0.4 is 15.0 Å². The van der Waals surface area contributed by atoms with Crippen molar-refractivity contribution in [3.05, 3.63) is 84.2 Å². The summed E-state index contributed by atoms with van der Waals surface area (Å²) in [6.45, 7) is 4.79. The highest BCUT2D eigenvalue weighted by atomic mass is 32.1. The molecule has 1 atom stereocenters. The van der Waals surface area contributed by atoms with Gasteiger partial charge in [-0.1, -0.05) is 23.8 Å². The molecule has 34 heavy (non-hydrogen) atoms. The smallest absolute Gasteiger partial charge is 0.256 e. The second-order valence-electron chi connectivity index (χ2n) is 7.97. The van der Waals surface area contributed by atoms with Crippen molar-refractivity contribution in [2.75, 3.05) is 16.8 Å². The van der Waals surface area contributed by atoms with Crippen LogP contribution in [0.4, 0.5) is 11.4 Å². The van der Waals surface area contributed by atoms with E-state index in [1.807, 2.05) is 56.3 Å². The van der Waals surface area contributed by atoms with Crippen LogP contribution in [0.25, 0.3) is 0 Å². The molecule has 1 aromatic heterocycles. The molecule has 174 valence electrons. The molecule has 1 fully saturated rings. The second-order valence-corrected chi connectivity index (χ2v) is 8.33. The lowest BCUT2D eigenvalue weighted by molar-refractivity contribution is -0.124. The number of rotatable bonds is 8. The van der Waals surface area contributed by atoms with Crippen LogP contribution >= 0.6 is 12.2 Å². The van der Waals surface area contributed by atoms with E-state index in [-0.39, 0.29) is 18.2 Å². The number of ether oxygens (including phenoxy) is 1. The largest absolute Gasteiger partial charge is 0.494 e. The van der Waals surface area contributed by atoms with Crippen LogP contribution in [0.5, 0.6) is 5.75 Å². The van der Waals surface area contributed by atoms with Gasteiger partial charge in [-0.3, -0.25) is 19.5 Å². The number of benzene rings is 2. The quantitative estimate of drug-likeness (QED) is 0.490. The van der Waals surface area contributed by atoms with Gasteiger partial charge >= 0.3 is 0 Å². The minimum atomic E-state index is -0.737. The predicted octanol–water partition coefficient (Wildman–Crippen LogP) is 4.32. The zero-order chi connectivity index (χ0) is 24.1. The minimum Gasteiger partial charge on any atom is -0.494 e. The molecule has 3 aromatic rings. The highest BCUT2D eigenvalue weighted by molar-refractivity contribution is 7.80. The summed E-state index contributed by atoms with van der Waals surface area (Å²) in [7, 11) is 0. The molecule has 0 bridgehead atoms. The molecular formula is C26H26N4O3S. The fraction of sp³-hybridized carbons (Fsp3) is 0.231. The lowest BCUT2D eigenvalue weighted by Crippen LogP contribution is -2.37. The molecule has 2 aromatic carbocycles. The molecular weight excluding hydrogens is 448 g/mol. The Balaban J connectivity index is 1.55. The number of aromatic nitrogens is 1. The van der Waals surface area contributed by atoms with E-state index in [0.717, 1.165) is 17.0 Å². The Labute approximate surface area is 204 Å². The molecule has 1 N–H and O–H groups in total. The number of hydrogen-bond acceptors (Lipinski definition) is 5. The summed E-state index contributed by atoms with van der Waals surface area (Å²) in [4.78, 5) is 34.1. The molecule has 0 spiro atoms. The third kappa shape index (κ3) is 5.23. The van der Waals surface area contributed by atoms with E-state index >= 15 is 0 Å². The molecule has 4 rings (SSSR count). The van der Waals surface area contributed by atoms with Crippen molar-refractivity contribution >= 4 is 40.5 Å². The molecule has 1 aliphatic heterocycles. The maximum atomic E-state index is 13.5. The van der Waals surface area contributed by atoms with Crippen LogP contribution in [0, 0.1) is 6.92 Å². The Morgan fingerprint density at radius 3 is 2.47 bits per heavy atom. The SMILES string of the molecule is CCOc1ccc(NC(=O)C[C@@H]2C(=O)N(c3ccc(C)cc3)C(=S)N2Cc2ccccn2)cc1. The lowest BCUT2D eigenvalue weighted by Gasteiger charge is -2.23. The number of aryl methyl sites for hydroxylation is 1. The highest BCUT2D eigenvalue weighted by Gasteiger charge is 2.44. The van der Waals surface area contributed by atoms with E-state index in [2.05, 4.69) is 10.3 Å².